The lowest BCUT2D eigenvalue weighted by Gasteiger charge is -2.33. The highest BCUT2D eigenvalue weighted by atomic mass is 16.2. The van der Waals surface area contributed by atoms with Gasteiger partial charge in [0.2, 0.25) is 5.91 Å². The van der Waals surface area contributed by atoms with Crippen molar-refractivity contribution < 1.29 is 4.79 Å². The molecule has 0 spiro atoms. The lowest BCUT2D eigenvalue weighted by molar-refractivity contribution is -0.135. The Morgan fingerprint density at radius 2 is 1.86 bits per heavy atom. The van der Waals surface area contributed by atoms with E-state index in [4.69, 9.17) is 0 Å². The number of rotatable bonds is 2. The second-order valence-corrected chi connectivity index (χ2v) is 6.09. The van der Waals surface area contributed by atoms with Gasteiger partial charge in [-0.15, -0.1) is 0 Å². The first-order chi connectivity index (χ1) is 10.8. The molecule has 2 saturated heterocycles. The number of carbonyl (C=O) groups excluding carboxylic acids is 1. The topological polar surface area (TPSA) is 78.0 Å². The van der Waals surface area contributed by atoms with Crippen LogP contribution in [-0.2, 0) is 4.79 Å². The third-order valence-electron chi connectivity index (χ3n) is 4.76. The number of carbonyl (C=O) groups is 1. The molecule has 0 unspecified atom stereocenters. The fraction of sp³-hybridized carbons (Fsp3) is 0.600. The number of piperidine rings is 1. The molecule has 0 bridgehead atoms. The lowest BCUT2D eigenvalue weighted by atomic mass is 9.95. The molecule has 2 aliphatic heterocycles. The summed E-state index contributed by atoms with van der Waals surface area (Å²) in [7, 11) is 0. The molecule has 4 heterocycles. The molecule has 0 aliphatic carbocycles. The van der Waals surface area contributed by atoms with Crippen LogP contribution in [0.4, 0.5) is 5.82 Å². The molecular weight excluding hydrogens is 280 g/mol. The van der Waals surface area contributed by atoms with Crippen molar-refractivity contribution in [2.75, 3.05) is 31.1 Å². The Hall–Kier alpha value is -2.18. The second kappa shape index (κ2) is 5.55. The van der Waals surface area contributed by atoms with Gasteiger partial charge in [0, 0.05) is 32.1 Å². The SMILES string of the molecule is O=C(C1CCN(c2ncnc3nc[nH]c23)CC1)N1CCCC1. The molecular formula is C15H20N6O. The van der Waals surface area contributed by atoms with E-state index < -0.39 is 0 Å². The Bertz CT molecular complexity index is 669. The number of amides is 1. The van der Waals surface area contributed by atoms with E-state index in [-0.39, 0.29) is 5.92 Å². The number of H-pyrrole nitrogens is 1. The minimum atomic E-state index is 0.174. The zero-order valence-corrected chi connectivity index (χ0v) is 12.5. The van der Waals surface area contributed by atoms with E-state index in [1.807, 2.05) is 4.90 Å². The average Bonchev–Trinajstić information content (AvgIpc) is 3.25. The van der Waals surface area contributed by atoms with Crippen LogP contribution in [0.2, 0.25) is 0 Å². The van der Waals surface area contributed by atoms with Crippen LogP contribution < -0.4 is 4.90 Å². The van der Waals surface area contributed by atoms with Crippen molar-refractivity contribution in [3.63, 3.8) is 0 Å². The van der Waals surface area contributed by atoms with Gasteiger partial charge in [0.25, 0.3) is 0 Å². The van der Waals surface area contributed by atoms with Crippen molar-refractivity contribution >= 4 is 22.9 Å². The summed E-state index contributed by atoms with van der Waals surface area (Å²) in [5, 5.41) is 0. The summed E-state index contributed by atoms with van der Waals surface area (Å²) in [6.45, 7) is 3.60. The van der Waals surface area contributed by atoms with Crippen molar-refractivity contribution in [1.29, 1.82) is 0 Å². The van der Waals surface area contributed by atoms with Crippen LogP contribution in [0.15, 0.2) is 12.7 Å². The lowest BCUT2D eigenvalue weighted by Crippen LogP contribution is -2.42. The van der Waals surface area contributed by atoms with Crippen LogP contribution in [0.25, 0.3) is 11.2 Å². The zero-order valence-electron chi connectivity index (χ0n) is 12.5. The first kappa shape index (κ1) is 13.5. The number of aromatic nitrogens is 4. The van der Waals surface area contributed by atoms with Gasteiger partial charge in [-0.1, -0.05) is 0 Å². The Balaban J connectivity index is 1.45. The summed E-state index contributed by atoms with van der Waals surface area (Å²) in [5.74, 6) is 1.43. The first-order valence-electron chi connectivity index (χ1n) is 8.01. The first-order valence-corrected chi connectivity index (χ1v) is 8.01. The minimum absolute atomic E-state index is 0.174. The van der Waals surface area contributed by atoms with Gasteiger partial charge >= 0.3 is 0 Å². The molecule has 1 amide bonds. The number of nitrogens with one attached hydrogen (secondary N) is 1. The number of nitrogens with zero attached hydrogens (tertiary/aromatic N) is 5. The number of hydrogen-bond acceptors (Lipinski definition) is 5. The summed E-state index contributed by atoms with van der Waals surface area (Å²) < 4.78 is 0. The molecule has 0 saturated carbocycles. The van der Waals surface area contributed by atoms with E-state index in [9.17, 15) is 4.79 Å². The summed E-state index contributed by atoms with van der Waals surface area (Å²) in [4.78, 5) is 32.6. The van der Waals surface area contributed by atoms with Gasteiger partial charge in [-0.3, -0.25) is 4.79 Å². The third-order valence-corrected chi connectivity index (χ3v) is 4.76. The minimum Gasteiger partial charge on any atom is -0.355 e. The fourth-order valence-electron chi connectivity index (χ4n) is 3.53. The molecule has 116 valence electrons. The monoisotopic (exact) mass is 300 g/mol. The van der Waals surface area contributed by atoms with E-state index in [0.717, 1.165) is 63.2 Å². The van der Waals surface area contributed by atoms with Gasteiger partial charge in [0.15, 0.2) is 11.5 Å². The van der Waals surface area contributed by atoms with E-state index in [2.05, 4.69) is 24.8 Å². The molecule has 0 radical (unpaired) electrons. The Morgan fingerprint density at radius 3 is 2.64 bits per heavy atom. The summed E-state index contributed by atoms with van der Waals surface area (Å²) >= 11 is 0. The maximum absolute atomic E-state index is 12.5. The van der Waals surface area contributed by atoms with Gasteiger partial charge in [0.1, 0.15) is 11.8 Å². The number of likely N-dealkylation sites (tertiary alicyclic amines) is 1. The van der Waals surface area contributed by atoms with Crippen molar-refractivity contribution in [3.8, 4) is 0 Å². The summed E-state index contributed by atoms with van der Waals surface area (Å²) in [5.41, 5.74) is 1.58. The maximum Gasteiger partial charge on any atom is 0.225 e. The number of aromatic amines is 1. The molecule has 2 aliphatic rings. The molecule has 0 aromatic carbocycles. The highest BCUT2D eigenvalue weighted by Crippen LogP contribution is 2.27. The van der Waals surface area contributed by atoms with Crippen LogP contribution in [0.3, 0.4) is 0 Å². The van der Waals surface area contributed by atoms with Gasteiger partial charge in [-0.2, -0.15) is 0 Å². The Labute approximate surface area is 128 Å². The number of hydrogen-bond donors (Lipinski definition) is 1. The predicted molar refractivity (Wildman–Crippen MR) is 82.4 cm³/mol. The van der Waals surface area contributed by atoms with Gasteiger partial charge in [-0.05, 0) is 25.7 Å². The fourth-order valence-corrected chi connectivity index (χ4v) is 3.53. The van der Waals surface area contributed by atoms with E-state index >= 15 is 0 Å². The maximum atomic E-state index is 12.5. The molecule has 1 N–H and O–H groups in total. The highest BCUT2D eigenvalue weighted by molar-refractivity contribution is 5.83. The highest BCUT2D eigenvalue weighted by Gasteiger charge is 2.30. The van der Waals surface area contributed by atoms with Crippen molar-refractivity contribution in [2.24, 2.45) is 5.92 Å². The average molecular weight is 300 g/mol. The molecule has 2 aromatic heterocycles. The van der Waals surface area contributed by atoms with Crippen LogP contribution >= 0.6 is 0 Å². The quantitative estimate of drug-likeness (QED) is 0.901. The van der Waals surface area contributed by atoms with Gasteiger partial charge in [-0.25, -0.2) is 15.0 Å². The van der Waals surface area contributed by atoms with Crippen molar-refractivity contribution in [1.82, 2.24) is 24.8 Å². The molecule has 0 atom stereocenters. The van der Waals surface area contributed by atoms with E-state index in [1.165, 1.54) is 0 Å². The van der Waals surface area contributed by atoms with Crippen LogP contribution in [0.1, 0.15) is 25.7 Å². The molecule has 22 heavy (non-hydrogen) atoms. The molecule has 7 nitrogen and oxygen atoms in total. The Morgan fingerprint density at radius 1 is 1.09 bits per heavy atom. The molecule has 4 rings (SSSR count). The summed E-state index contributed by atoms with van der Waals surface area (Å²) in [6.07, 6.45) is 7.31. The van der Waals surface area contributed by atoms with Crippen LogP contribution in [-0.4, -0.2) is 56.9 Å². The number of imidazole rings is 1. The predicted octanol–water partition coefficient (Wildman–Crippen LogP) is 1.19. The number of anilines is 1. The second-order valence-electron chi connectivity index (χ2n) is 6.09. The number of fused-ring (bicyclic) bond motifs is 1. The third kappa shape index (κ3) is 2.30. The molecule has 2 fully saturated rings. The molecule has 2 aromatic rings. The summed E-state index contributed by atoms with van der Waals surface area (Å²) in [6, 6.07) is 0. The standard InChI is InChI=1S/C15H20N6O/c22-15(21-5-1-2-6-21)11-3-7-20(8-4-11)14-12-13(17-9-16-12)18-10-19-14/h9-11H,1-8H2,(H,16,17,18,19). The van der Waals surface area contributed by atoms with Crippen molar-refractivity contribution in [3.05, 3.63) is 12.7 Å². The zero-order chi connectivity index (χ0) is 14.9. The van der Waals surface area contributed by atoms with Crippen LogP contribution in [0, 0.1) is 5.92 Å². The van der Waals surface area contributed by atoms with Gasteiger partial charge < -0.3 is 14.8 Å². The molecule has 7 heteroatoms. The normalized spacial score (nSPS) is 20.0. The van der Waals surface area contributed by atoms with E-state index in [1.54, 1.807) is 12.7 Å². The van der Waals surface area contributed by atoms with Gasteiger partial charge in [0.05, 0.1) is 6.33 Å². The van der Waals surface area contributed by atoms with Crippen LogP contribution in [0.5, 0.6) is 0 Å². The Kier molecular flexibility index (Phi) is 3.40. The van der Waals surface area contributed by atoms with E-state index in [0.29, 0.717) is 11.6 Å². The van der Waals surface area contributed by atoms with Crippen molar-refractivity contribution in [2.45, 2.75) is 25.7 Å². The smallest absolute Gasteiger partial charge is 0.225 e. The largest absolute Gasteiger partial charge is 0.355 e.